The van der Waals surface area contributed by atoms with Gasteiger partial charge >= 0.3 is 0 Å². The van der Waals surface area contributed by atoms with Gasteiger partial charge in [0.15, 0.2) is 5.82 Å². The molecule has 7 heteroatoms. The average Bonchev–Trinajstić information content (AvgIpc) is 3.17. The number of fused-ring (bicyclic) bond motifs is 3. The van der Waals surface area contributed by atoms with Crippen LogP contribution in [0.25, 0.3) is 16.6 Å². The van der Waals surface area contributed by atoms with Crippen LogP contribution in [-0.2, 0) is 6.54 Å². The van der Waals surface area contributed by atoms with Crippen LogP contribution in [0.3, 0.4) is 0 Å². The molecule has 0 atom stereocenters. The van der Waals surface area contributed by atoms with Crippen molar-refractivity contribution in [2.75, 3.05) is 19.5 Å². The van der Waals surface area contributed by atoms with E-state index >= 15 is 0 Å². The summed E-state index contributed by atoms with van der Waals surface area (Å²) in [6, 6.07) is 9.92. The third kappa shape index (κ3) is 3.19. The number of nitrogens with zero attached hydrogens (tertiary/aromatic N) is 3. The Kier molecular flexibility index (Phi) is 4.61. The van der Waals surface area contributed by atoms with Crippen molar-refractivity contribution in [1.82, 2.24) is 14.4 Å². The molecule has 1 N–H and O–H groups in total. The first-order valence-electron chi connectivity index (χ1n) is 8.47. The van der Waals surface area contributed by atoms with Crippen molar-refractivity contribution in [3.63, 3.8) is 0 Å². The lowest BCUT2D eigenvalue weighted by molar-refractivity contribution is 0.391. The molecule has 0 saturated heterocycles. The van der Waals surface area contributed by atoms with Gasteiger partial charge in [-0.25, -0.2) is 9.97 Å². The summed E-state index contributed by atoms with van der Waals surface area (Å²) in [5, 5.41) is 3.42. The van der Waals surface area contributed by atoms with E-state index in [1.165, 1.54) is 0 Å². The second-order valence-electron chi connectivity index (χ2n) is 6.23. The van der Waals surface area contributed by atoms with Gasteiger partial charge in [0.05, 0.1) is 37.8 Å². The molecule has 0 bridgehead atoms. The van der Waals surface area contributed by atoms with Crippen LogP contribution in [0, 0.1) is 6.92 Å². The van der Waals surface area contributed by atoms with E-state index in [0.29, 0.717) is 6.54 Å². The van der Waals surface area contributed by atoms with Gasteiger partial charge in [0.25, 0.3) is 0 Å². The topological polar surface area (TPSA) is 60.7 Å². The van der Waals surface area contributed by atoms with Crippen LogP contribution in [-0.4, -0.2) is 28.6 Å². The number of ether oxygens (including phenoxy) is 2. The van der Waals surface area contributed by atoms with Gasteiger partial charge in [-0.2, -0.15) is 0 Å². The molecule has 0 saturated carbocycles. The molecular formula is C20H19BrN4O2. The first-order valence-corrected chi connectivity index (χ1v) is 9.26. The van der Waals surface area contributed by atoms with Crippen molar-refractivity contribution in [3.05, 3.63) is 58.5 Å². The number of aryl methyl sites for hydroxylation is 1. The highest BCUT2D eigenvalue weighted by atomic mass is 79.9. The van der Waals surface area contributed by atoms with Crippen molar-refractivity contribution in [1.29, 1.82) is 0 Å². The van der Waals surface area contributed by atoms with Crippen LogP contribution in [0.4, 0.5) is 5.82 Å². The van der Waals surface area contributed by atoms with Crippen LogP contribution in [0.5, 0.6) is 11.5 Å². The molecule has 0 aliphatic heterocycles. The van der Waals surface area contributed by atoms with Gasteiger partial charge in [-0.15, -0.1) is 0 Å². The Labute approximate surface area is 165 Å². The molecule has 27 heavy (non-hydrogen) atoms. The minimum Gasteiger partial charge on any atom is -0.497 e. The highest BCUT2D eigenvalue weighted by Gasteiger charge is 2.12. The predicted octanol–water partition coefficient (Wildman–Crippen LogP) is 4.58. The highest BCUT2D eigenvalue weighted by molar-refractivity contribution is 9.10. The fourth-order valence-corrected chi connectivity index (χ4v) is 3.42. The Balaban J connectivity index is 1.73. The number of anilines is 1. The summed E-state index contributed by atoms with van der Waals surface area (Å²) in [6.07, 6.45) is 3.63. The van der Waals surface area contributed by atoms with E-state index in [1.54, 1.807) is 14.2 Å². The number of methoxy groups -OCH3 is 2. The van der Waals surface area contributed by atoms with Crippen molar-refractivity contribution >= 4 is 38.3 Å². The first-order chi connectivity index (χ1) is 13.1. The van der Waals surface area contributed by atoms with Crippen LogP contribution < -0.4 is 14.8 Å². The van der Waals surface area contributed by atoms with Crippen LogP contribution in [0.2, 0.25) is 0 Å². The van der Waals surface area contributed by atoms with Gasteiger partial charge in [0, 0.05) is 22.6 Å². The third-order valence-electron chi connectivity index (χ3n) is 4.57. The number of hydrogen-bond donors (Lipinski definition) is 1. The minimum atomic E-state index is 0.569. The van der Waals surface area contributed by atoms with E-state index in [0.717, 1.165) is 49.5 Å². The zero-order valence-electron chi connectivity index (χ0n) is 15.3. The summed E-state index contributed by atoms with van der Waals surface area (Å²) in [5.74, 6) is 2.30. The third-order valence-corrected chi connectivity index (χ3v) is 5.42. The molecule has 0 unspecified atom stereocenters. The lowest BCUT2D eigenvalue weighted by atomic mass is 10.2. The van der Waals surface area contributed by atoms with E-state index in [1.807, 2.05) is 36.8 Å². The lowest BCUT2D eigenvalue weighted by Crippen LogP contribution is -2.06. The van der Waals surface area contributed by atoms with Crippen LogP contribution >= 0.6 is 15.9 Å². The van der Waals surface area contributed by atoms with Gasteiger partial charge in [-0.3, -0.25) is 4.40 Å². The van der Waals surface area contributed by atoms with Gasteiger partial charge < -0.3 is 14.8 Å². The molecule has 0 aliphatic rings. The fraction of sp³-hybridized carbons (Fsp3) is 0.200. The molecule has 138 valence electrons. The molecule has 0 fully saturated rings. The van der Waals surface area contributed by atoms with E-state index in [-0.39, 0.29) is 0 Å². The maximum absolute atomic E-state index is 5.48. The summed E-state index contributed by atoms with van der Waals surface area (Å²) in [7, 11) is 3.30. The zero-order valence-corrected chi connectivity index (χ0v) is 16.9. The maximum atomic E-state index is 5.48. The monoisotopic (exact) mass is 426 g/mol. The molecule has 4 aromatic rings. The predicted molar refractivity (Wildman–Crippen MR) is 110 cm³/mol. The Morgan fingerprint density at radius 1 is 1.11 bits per heavy atom. The summed E-state index contributed by atoms with van der Waals surface area (Å²) in [6.45, 7) is 2.63. The summed E-state index contributed by atoms with van der Waals surface area (Å²) in [4.78, 5) is 9.12. The molecule has 0 amide bonds. The number of halogens is 1. The molecule has 4 rings (SSSR count). The van der Waals surface area contributed by atoms with Gasteiger partial charge in [-0.1, -0.05) is 15.9 Å². The summed E-state index contributed by atoms with van der Waals surface area (Å²) < 4.78 is 13.8. The smallest absolute Gasteiger partial charge is 0.153 e. The van der Waals surface area contributed by atoms with E-state index in [2.05, 4.69) is 43.6 Å². The minimum absolute atomic E-state index is 0.569. The maximum Gasteiger partial charge on any atom is 0.153 e. The summed E-state index contributed by atoms with van der Waals surface area (Å²) >= 11 is 3.59. The van der Waals surface area contributed by atoms with Crippen LogP contribution in [0.1, 0.15) is 11.1 Å². The second-order valence-corrected chi connectivity index (χ2v) is 7.09. The molecule has 2 heterocycles. The molecule has 0 aliphatic carbocycles. The lowest BCUT2D eigenvalue weighted by Gasteiger charge is -2.14. The van der Waals surface area contributed by atoms with Crippen molar-refractivity contribution in [2.45, 2.75) is 13.5 Å². The Hall–Kier alpha value is -2.80. The molecular weight excluding hydrogens is 408 g/mol. The van der Waals surface area contributed by atoms with Gasteiger partial charge in [0.2, 0.25) is 0 Å². The number of rotatable bonds is 5. The quantitative estimate of drug-likeness (QED) is 0.505. The summed E-state index contributed by atoms with van der Waals surface area (Å²) in [5.41, 5.74) is 5.01. The molecule has 6 nitrogen and oxygen atoms in total. The second kappa shape index (κ2) is 7.08. The number of nitrogens with one attached hydrogen (secondary N) is 1. The SMILES string of the molecule is COc1ccc(CNc2nc3cc(Br)c(C)cc3n3cncc23)c(OC)c1. The Bertz CT molecular complexity index is 1140. The van der Waals surface area contributed by atoms with E-state index in [9.17, 15) is 0 Å². The van der Waals surface area contributed by atoms with Gasteiger partial charge in [-0.05, 0) is 36.8 Å². The fourth-order valence-electron chi connectivity index (χ4n) is 3.09. The van der Waals surface area contributed by atoms with Crippen molar-refractivity contribution < 1.29 is 9.47 Å². The molecule has 0 spiro atoms. The Morgan fingerprint density at radius 3 is 2.74 bits per heavy atom. The molecule has 2 aromatic carbocycles. The standard InChI is InChI=1S/C20H19BrN4O2/c1-12-6-17-16(8-15(12)21)24-20(18-10-22-11-25(17)18)23-9-13-4-5-14(26-2)7-19(13)27-3/h4-8,10-11H,9H2,1-3H3,(H,23,24). The normalized spacial score (nSPS) is 11.1. The average molecular weight is 427 g/mol. The number of hydrogen-bond acceptors (Lipinski definition) is 5. The number of aromatic nitrogens is 3. The molecule has 2 aromatic heterocycles. The zero-order chi connectivity index (χ0) is 19.0. The van der Waals surface area contributed by atoms with E-state index in [4.69, 9.17) is 14.5 Å². The van der Waals surface area contributed by atoms with Crippen molar-refractivity contribution in [2.24, 2.45) is 0 Å². The van der Waals surface area contributed by atoms with E-state index < -0.39 is 0 Å². The number of imidazole rings is 1. The van der Waals surface area contributed by atoms with Gasteiger partial charge in [0.1, 0.15) is 17.0 Å². The highest BCUT2D eigenvalue weighted by Crippen LogP contribution is 2.29. The molecule has 0 radical (unpaired) electrons. The first kappa shape index (κ1) is 17.6. The largest absolute Gasteiger partial charge is 0.497 e. The Morgan fingerprint density at radius 2 is 1.96 bits per heavy atom. The number of benzene rings is 2. The van der Waals surface area contributed by atoms with Crippen molar-refractivity contribution in [3.8, 4) is 11.5 Å². The van der Waals surface area contributed by atoms with Crippen LogP contribution in [0.15, 0.2) is 47.3 Å².